The van der Waals surface area contributed by atoms with Gasteiger partial charge in [-0.05, 0) is 24.5 Å². The molecule has 102 valence electrons. The third-order valence-corrected chi connectivity index (χ3v) is 2.73. The first kappa shape index (κ1) is 14.9. The van der Waals surface area contributed by atoms with Crippen LogP contribution in [-0.4, -0.2) is 36.9 Å². The Balaban J connectivity index is 2.77. The summed E-state index contributed by atoms with van der Waals surface area (Å²) >= 11 is 0. The van der Waals surface area contributed by atoms with Crippen molar-refractivity contribution in [2.24, 2.45) is 5.92 Å². The quantitative estimate of drug-likeness (QED) is 0.808. The van der Waals surface area contributed by atoms with E-state index < -0.39 is 6.10 Å². The molecule has 1 rings (SSSR count). The van der Waals surface area contributed by atoms with Crippen LogP contribution in [0.1, 0.15) is 32.4 Å². The van der Waals surface area contributed by atoms with Gasteiger partial charge in [-0.3, -0.25) is 0 Å². The van der Waals surface area contributed by atoms with E-state index in [9.17, 15) is 5.11 Å². The van der Waals surface area contributed by atoms with Crippen molar-refractivity contribution < 1.29 is 9.84 Å². The van der Waals surface area contributed by atoms with Crippen LogP contribution in [-0.2, 0) is 4.74 Å². The molecule has 0 aliphatic carbocycles. The maximum Gasteiger partial charge on any atom is 0.128 e. The van der Waals surface area contributed by atoms with Crippen molar-refractivity contribution in [1.82, 2.24) is 4.98 Å². The SMILES string of the molecule is COCCN(CC(C)C)c1ccc([C@@H](C)O)cn1. The molecule has 0 unspecified atom stereocenters. The molecule has 0 saturated carbocycles. The fourth-order valence-corrected chi connectivity index (χ4v) is 1.77. The summed E-state index contributed by atoms with van der Waals surface area (Å²) < 4.78 is 5.13. The van der Waals surface area contributed by atoms with E-state index in [1.165, 1.54) is 0 Å². The molecule has 1 atom stereocenters. The molecule has 18 heavy (non-hydrogen) atoms. The molecule has 0 saturated heterocycles. The Labute approximate surface area is 110 Å². The molecule has 1 aromatic rings. The largest absolute Gasteiger partial charge is 0.389 e. The molecule has 1 N–H and O–H groups in total. The molecule has 0 aliphatic heterocycles. The Morgan fingerprint density at radius 2 is 2.06 bits per heavy atom. The van der Waals surface area contributed by atoms with Gasteiger partial charge in [0, 0.05) is 26.4 Å². The monoisotopic (exact) mass is 252 g/mol. The van der Waals surface area contributed by atoms with Gasteiger partial charge in [-0.25, -0.2) is 4.98 Å². The van der Waals surface area contributed by atoms with E-state index in [0.717, 1.165) is 24.5 Å². The van der Waals surface area contributed by atoms with Gasteiger partial charge in [-0.1, -0.05) is 19.9 Å². The number of ether oxygens (including phenoxy) is 1. The first-order valence-electron chi connectivity index (χ1n) is 6.42. The van der Waals surface area contributed by atoms with E-state index in [1.54, 1.807) is 20.2 Å². The zero-order chi connectivity index (χ0) is 13.5. The molecule has 0 aliphatic rings. The van der Waals surface area contributed by atoms with Crippen LogP contribution in [0.2, 0.25) is 0 Å². The summed E-state index contributed by atoms with van der Waals surface area (Å²) in [6.07, 6.45) is 1.27. The van der Waals surface area contributed by atoms with E-state index in [2.05, 4.69) is 23.7 Å². The maximum atomic E-state index is 9.47. The second-order valence-corrected chi connectivity index (χ2v) is 4.96. The minimum Gasteiger partial charge on any atom is -0.389 e. The summed E-state index contributed by atoms with van der Waals surface area (Å²) in [6, 6.07) is 3.88. The number of nitrogens with zero attached hydrogens (tertiary/aromatic N) is 2. The fraction of sp³-hybridized carbons (Fsp3) is 0.643. The van der Waals surface area contributed by atoms with E-state index in [-0.39, 0.29) is 0 Å². The lowest BCUT2D eigenvalue weighted by atomic mass is 10.2. The average molecular weight is 252 g/mol. The minimum atomic E-state index is -0.468. The van der Waals surface area contributed by atoms with Gasteiger partial charge in [0.05, 0.1) is 12.7 Å². The molecule has 0 radical (unpaired) electrons. The van der Waals surface area contributed by atoms with Gasteiger partial charge in [-0.2, -0.15) is 0 Å². The fourth-order valence-electron chi connectivity index (χ4n) is 1.77. The van der Waals surface area contributed by atoms with E-state index in [1.807, 2.05) is 12.1 Å². The zero-order valence-electron chi connectivity index (χ0n) is 11.8. The van der Waals surface area contributed by atoms with Crippen molar-refractivity contribution in [2.75, 3.05) is 31.7 Å². The lowest BCUT2D eigenvalue weighted by Crippen LogP contribution is -2.31. The van der Waals surface area contributed by atoms with Crippen LogP contribution in [0.3, 0.4) is 0 Å². The molecule has 0 spiro atoms. The molecule has 4 nitrogen and oxygen atoms in total. The Kier molecular flexibility index (Phi) is 6.09. The summed E-state index contributed by atoms with van der Waals surface area (Å²) in [5.74, 6) is 1.50. The van der Waals surface area contributed by atoms with Crippen molar-refractivity contribution in [3.8, 4) is 0 Å². The van der Waals surface area contributed by atoms with Crippen molar-refractivity contribution in [1.29, 1.82) is 0 Å². The summed E-state index contributed by atoms with van der Waals surface area (Å²) in [5, 5.41) is 9.47. The number of hydrogen-bond donors (Lipinski definition) is 1. The normalized spacial score (nSPS) is 12.8. The first-order chi connectivity index (χ1) is 8.54. The lowest BCUT2D eigenvalue weighted by molar-refractivity contribution is 0.198. The predicted molar refractivity (Wildman–Crippen MR) is 73.8 cm³/mol. The number of aromatic nitrogens is 1. The van der Waals surface area contributed by atoms with Crippen LogP contribution in [0.15, 0.2) is 18.3 Å². The number of aliphatic hydroxyl groups excluding tert-OH is 1. The number of rotatable bonds is 7. The van der Waals surface area contributed by atoms with Gasteiger partial charge >= 0.3 is 0 Å². The topological polar surface area (TPSA) is 45.6 Å². The second-order valence-electron chi connectivity index (χ2n) is 4.96. The van der Waals surface area contributed by atoms with Gasteiger partial charge in [0.2, 0.25) is 0 Å². The summed E-state index contributed by atoms with van der Waals surface area (Å²) in [4.78, 5) is 6.62. The first-order valence-corrected chi connectivity index (χ1v) is 6.42. The highest BCUT2D eigenvalue weighted by Crippen LogP contribution is 2.16. The molecule has 0 fully saturated rings. The molecule has 1 heterocycles. The van der Waals surface area contributed by atoms with Crippen molar-refractivity contribution in [3.05, 3.63) is 23.9 Å². The summed E-state index contributed by atoms with van der Waals surface area (Å²) in [6.45, 7) is 8.58. The van der Waals surface area contributed by atoms with Crippen molar-refractivity contribution in [3.63, 3.8) is 0 Å². The van der Waals surface area contributed by atoms with Gasteiger partial charge in [-0.15, -0.1) is 0 Å². The Bertz CT molecular complexity index is 336. The third-order valence-electron chi connectivity index (χ3n) is 2.73. The second kappa shape index (κ2) is 7.34. The van der Waals surface area contributed by atoms with Gasteiger partial charge < -0.3 is 14.7 Å². The molecule has 4 heteroatoms. The van der Waals surface area contributed by atoms with Gasteiger partial charge in [0.1, 0.15) is 5.82 Å². The molecule has 1 aromatic heterocycles. The molecule has 0 amide bonds. The predicted octanol–water partition coefficient (Wildman–Crippen LogP) is 2.24. The highest BCUT2D eigenvalue weighted by Gasteiger charge is 2.10. The number of methoxy groups -OCH3 is 1. The molecule has 0 bridgehead atoms. The minimum absolute atomic E-state index is 0.468. The van der Waals surface area contributed by atoms with E-state index in [0.29, 0.717) is 12.5 Å². The van der Waals surface area contributed by atoms with Crippen LogP contribution in [0, 0.1) is 5.92 Å². The number of anilines is 1. The molecular weight excluding hydrogens is 228 g/mol. The number of pyridine rings is 1. The molecular formula is C14H24N2O2. The average Bonchev–Trinajstić information content (AvgIpc) is 2.34. The highest BCUT2D eigenvalue weighted by atomic mass is 16.5. The van der Waals surface area contributed by atoms with Crippen LogP contribution < -0.4 is 4.90 Å². The Hall–Kier alpha value is -1.13. The third kappa shape index (κ3) is 4.63. The number of hydrogen-bond acceptors (Lipinski definition) is 4. The van der Waals surface area contributed by atoms with Crippen LogP contribution in [0.5, 0.6) is 0 Å². The van der Waals surface area contributed by atoms with Crippen molar-refractivity contribution >= 4 is 5.82 Å². The van der Waals surface area contributed by atoms with Crippen LogP contribution >= 0.6 is 0 Å². The molecule has 0 aromatic carbocycles. The summed E-state index contributed by atoms with van der Waals surface area (Å²) in [5.41, 5.74) is 0.843. The van der Waals surface area contributed by atoms with E-state index in [4.69, 9.17) is 4.74 Å². The maximum absolute atomic E-state index is 9.47. The van der Waals surface area contributed by atoms with Gasteiger partial charge in [0.15, 0.2) is 0 Å². The Morgan fingerprint density at radius 1 is 1.33 bits per heavy atom. The van der Waals surface area contributed by atoms with Crippen molar-refractivity contribution in [2.45, 2.75) is 26.9 Å². The standard InChI is InChI=1S/C14H24N2O2/c1-11(2)10-16(7-8-18-4)14-6-5-13(9-15-14)12(3)17/h5-6,9,11-12,17H,7-8,10H2,1-4H3/t12-/m1/s1. The zero-order valence-corrected chi connectivity index (χ0v) is 11.8. The number of aliphatic hydroxyl groups is 1. The highest BCUT2D eigenvalue weighted by molar-refractivity contribution is 5.39. The smallest absolute Gasteiger partial charge is 0.128 e. The van der Waals surface area contributed by atoms with Crippen LogP contribution in [0.4, 0.5) is 5.82 Å². The van der Waals surface area contributed by atoms with Gasteiger partial charge in [0.25, 0.3) is 0 Å². The Morgan fingerprint density at radius 3 is 2.50 bits per heavy atom. The summed E-state index contributed by atoms with van der Waals surface area (Å²) in [7, 11) is 1.71. The lowest BCUT2D eigenvalue weighted by Gasteiger charge is -2.25. The van der Waals surface area contributed by atoms with E-state index >= 15 is 0 Å². The van der Waals surface area contributed by atoms with Crippen LogP contribution in [0.25, 0.3) is 0 Å².